The van der Waals surface area contributed by atoms with Crippen molar-refractivity contribution in [1.82, 2.24) is 0 Å². The van der Waals surface area contributed by atoms with Crippen LogP contribution in [0.2, 0.25) is 0 Å². The molecule has 1 rings (SSSR count). The Morgan fingerprint density at radius 2 is 1.53 bits per heavy atom. The second-order valence-electron chi connectivity index (χ2n) is 4.48. The molecule has 0 aromatic heterocycles. The molecule has 0 aliphatic carbocycles. The van der Waals surface area contributed by atoms with Crippen molar-refractivity contribution in [2.45, 2.75) is 26.7 Å². The third kappa shape index (κ3) is 6.29. The van der Waals surface area contributed by atoms with Crippen molar-refractivity contribution in [3.8, 4) is 0 Å². The first kappa shape index (κ1) is 21.9. The number of rotatable bonds is 4. The number of carbonyl (C=O) groups is 2. The number of aliphatic carboxylic acids is 2. The van der Waals surface area contributed by atoms with Crippen LogP contribution in [0, 0.1) is 11.8 Å². The van der Waals surface area contributed by atoms with E-state index in [4.69, 9.17) is 9.84 Å². The van der Waals surface area contributed by atoms with Gasteiger partial charge in [0.25, 0.3) is 0 Å². The molecule has 0 saturated carbocycles. The van der Waals surface area contributed by atoms with Gasteiger partial charge in [-0.15, -0.1) is 0 Å². The van der Waals surface area contributed by atoms with Crippen LogP contribution in [0.4, 0.5) is 0 Å². The van der Waals surface area contributed by atoms with Crippen molar-refractivity contribution in [2.24, 2.45) is 11.8 Å². The predicted molar refractivity (Wildman–Crippen MR) is 75.0 cm³/mol. The molecule has 0 aromatic carbocycles. The van der Waals surface area contributed by atoms with Gasteiger partial charge in [-0.2, -0.15) is 0 Å². The second kappa shape index (κ2) is 10.4. The Hall–Kier alpha value is 0.640. The van der Waals surface area contributed by atoms with E-state index < -0.39 is 11.9 Å². The van der Waals surface area contributed by atoms with Crippen LogP contribution in [-0.4, -0.2) is 94.5 Å². The summed E-state index contributed by atoms with van der Waals surface area (Å²) in [6, 6.07) is 0. The third-order valence-corrected chi connectivity index (χ3v) is 2.96. The van der Waals surface area contributed by atoms with E-state index in [9.17, 15) is 14.7 Å². The molecule has 0 bridgehead atoms. The monoisotopic (exact) mass is 290 g/mol. The first-order valence-corrected chi connectivity index (χ1v) is 5.73. The van der Waals surface area contributed by atoms with Crippen molar-refractivity contribution in [1.29, 1.82) is 0 Å². The first-order valence-electron chi connectivity index (χ1n) is 5.73. The SMILES string of the molecule is CC(C)/C(C(=O)O)=C(/C(=O)O)C1CCOCC1.[NaH].[NaH]. The minimum atomic E-state index is -1.14. The third-order valence-electron chi connectivity index (χ3n) is 2.96. The Bertz CT molecular complexity index is 346. The summed E-state index contributed by atoms with van der Waals surface area (Å²) in [4.78, 5) is 22.5. The van der Waals surface area contributed by atoms with Gasteiger partial charge in [0.2, 0.25) is 0 Å². The fraction of sp³-hybridized carbons (Fsp3) is 0.667. The summed E-state index contributed by atoms with van der Waals surface area (Å²) in [5, 5.41) is 18.4. The second-order valence-corrected chi connectivity index (χ2v) is 4.48. The van der Waals surface area contributed by atoms with Crippen LogP contribution < -0.4 is 0 Å². The summed E-state index contributed by atoms with van der Waals surface area (Å²) in [7, 11) is 0. The molecular weight excluding hydrogens is 270 g/mol. The molecule has 0 spiro atoms. The molecule has 2 N–H and O–H groups in total. The zero-order valence-corrected chi connectivity index (χ0v) is 10.1. The van der Waals surface area contributed by atoms with Crippen LogP contribution in [0.3, 0.4) is 0 Å². The number of carboxylic acids is 2. The van der Waals surface area contributed by atoms with Crippen LogP contribution in [0.5, 0.6) is 0 Å². The standard InChI is InChI=1S/C12H18O5.2Na.2H/c1-7(2)9(11(13)14)10(12(15)16)8-3-5-17-6-4-8;;;;/h7-8H,3-6H2,1-2H3,(H,13,14)(H,15,16);;;;/b10-9-;;;;. The Labute approximate surface area is 157 Å². The van der Waals surface area contributed by atoms with Gasteiger partial charge in [0.05, 0.1) is 11.1 Å². The van der Waals surface area contributed by atoms with Crippen LogP contribution in [0.25, 0.3) is 0 Å². The molecule has 100 valence electrons. The molecule has 0 aromatic rings. The van der Waals surface area contributed by atoms with Gasteiger partial charge in [0, 0.05) is 13.2 Å². The summed E-state index contributed by atoms with van der Waals surface area (Å²) >= 11 is 0. The average Bonchev–Trinajstić information content (AvgIpc) is 2.25. The minimum absolute atomic E-state index is 0. The van der Waals surface area contributed by atoms with E-state index in [2.05, 4.69) is 0 Å². The molecule has 0 amide bonds. The van der Waals surface area contributed by atoms with Gasteiger partial charge < -0.3 is 14.9 Å². The fourth-order valence-corrected chi connectivity index (χ4v) is 2.17. The molecule has 19 heavy (non-hydrogen) atoms. The van der Waals surface area contributed by atoms with E-state index in [0.717, 1.165) is 0 Å². The molecule has 1 aliphatic heterocycles. The molecule has 1 saturated heterocycles. The van der Waals surface area contributed by atoms with Crippen molar-refractivity contribution >= 4 is 71.1 Å². The van der Waals surface area contributed by atoms with Crippen molar-refractivity contribution < 1.29 is 24.5 Å². The van der Waals surface area contributed by atoms with E-state index >= 15 is 0 Å². The van der Waals surface area contributed by atoms with Crippen molar-refractivity contribution in [2.75, 3.05) is 13.2 Å². The quantitative estimate of drug-likeness (QED) is 0.572. The first-order chi connectivity index (χ1) is 7.95. The molecule has 1 aliphatic rings. The van der Waals surface area contributed by atoms with Gasteiger partial charge in [0.15, 0.2) is 0 Å². The van der Waals surface area contributed by atoms with E-state index in [1.807, 2.05) is 0 Å². The van der Waals surface area contributed by atoms with Crippen molar-refractivity contribution in [3.05, 3.63) is 11.1 Å². The van der Waals surface area contributed by atoms with E-state index in [-0.39, 0.29) is 82.1 Å². The molecule has 0 radical (unpaired) electrons. The van der Waals surface area contributed by atoms with E-state index in [0.29, 0.717) is 26.1 Å². The van der Waals surface area contributed by atoms with Crippen LogP contribution >= 0.6 is 0 Å². The normalized spacial score (nSPS) is 17.0. The summed E-state index contributed by atoms with van der Waals surface area (Å²) < 4.78 is 5.17. The van der Waals surface area contributed by atoms with E-state index in [1.54, 1.807) is 13.8 Å². The zero-order chi connectivity index (χ0) is 13.0. The summed E-state index contributed by atoms with van der Waals surface area (Å²) in [5.74, 6) is -2.77. The Balaban J connectivity index is 0. The Morgan fingerprint density at radius 3 is 1.84 bits per heavy atom. The molecule has 5 nitrogen and oxygen atoms in total. The Kier molecular flexibility index (Phi) is 12.0. The van der Waals surface area contributed by atoms with Gasteiger partial charge in [-0.3, -0.25) is 0 Å². The predicted octanol–water partition coefficient (Wildman–Crippen LogP) is 0.238. The molecule has 7 heteroatoms. The number of hydrogen-bond acceptors (Lipinski definition) is 3. The number of hydrogen-bond donors (Lipinski definition) is 2. The Morgan fingerprint density at radius 1 is 1.05 bits per heavy atom. The maximum atomic E-state index is 11.3. The summed E-state index contributed by atoms with van der Waals surface area (Å²) in [6.07, 6.45) is 1.15. The molecule has 1 heterocycles. The topological polar surface area (TPSA) is 83.8 Å². The van der Waals surface area contributed by atoms with Gasteiger partial charge in [0.1, 0.15) is 0 Å². The van der Waals surface area contributed by atoms with Gasteiger partial charge in [-0.05, 0) is 24.7 Å². The van der Waals surface area contributed by atoms with Gasteiger partial charge in [-0.1, -0.05) is 13.8 Å². The number of ether oxygens (including phenoxy) is 1. The van der Waals surface area contributed by atoms with Crippen LogP contribution in [0.1, 0.15) is 26.7 Å². The summed E-state index contributed by atoms with van der Waals surface area (Å²) in [6.45, 7) is 4.39. The average molecular weight is 290 g/mol. The molecule has 0 unspecified atom stereocenters. The maximum absolute atomic E-state index is 11.3. The van der Waals surface area contributed by atoms with Crippen LogP contribution in [-0.2, 0) is 14.3 Å². The van der Waals surface area contributed by atoms with E-state index in [1.165, 1.54) is 0 Å². The van der Waals surface area contributed by atoms with Gasteiger partial charge >= 0.3 is 71.1 Å². The molecule has 0 atom stereocenters. The fourth-order valence-electron chi connectivity index (χ4n) is 2.17. The van der Waals surface area contributed by atoms with Crippen LogP contribution in [0.15, 0.2) is 11.1 Å². The summed E-state index contributed by atoms with van der Waals surface area (Å²) in [5.41, 5.74) is 0.0696. The van der Waals surface area contributed by atoms with Gasteiger partial charge in [-0.25, -0.2) is 9.59 Å². The molecular formula is C12H20Na2O5. The van der Waals surface area contributed by atoms with Crippen molar-refractivity contribution in [3.63, 3.8) is 0 Å². The number of carboxylic acid groups (broad SMARTS) is 2. The zero-order valence-electron chi connectivity index (χ0n) is 10.1. The molecule has 1 fully saturated rings.